The number of halogens is 2. The van der Waals surface area contributed by atoms with Gasteiger partial charge in [-0.3, -0.25) is 0 Å². The molecular formula is C12H12Cl2N2O. The van der Waals surface area contributed by atoms with Gasteiger partial charge in [-0.2, -0.15) is 0 Å². The number of hydrogen-bond donors (Lipinski definition) is 1. The molecule has 1 unspecified atom stereocenters. The minimum absolute atomic E-state index is 0.440. The molecule has 0 saturated carbocycles. The highest BCUT2D eigenvalue weighted by molar-refractivity contribution is 6.35. The fraction of sp³-hybridized carbons (Fsp3) is 0.250. The van der Waals surface area contributed by atoms with Gasteiger partial charge in [0, 0.05) is 23.5 Å². The van der Waals surface area contributed by atoms with E-state index < -0.39 is 6.10 Å². The van der Waals surface area contributed by atoms with Gasteiger partial charge in [-0.15, -0.1) is 0 Å². The van der Waals surface area contributed by atoms with E-state index >= 15 is 0 Å². The van der Waals surface area contributed by atoms with E-state index in [2.05, 4.69) is 4.98 Å². The predicted octanol–water partition coefficient (Wildman–Crippen LogP) is 3.00. The molecule has 5 heteroatoms. The number of aryl methyl sites for hydroxylation is 1. The molecule has 0 aliphatic heterocycles. The van der Waals surface area contributed by atoms with Crippen molar-refractivity contribution in [3.8, 4) is 0 Å². The van der Waals surface area contributed by atoms with Gasteiger partial charge in [0.25, 0.3) is 0 Å². The van der Waals surface area contributed by atoms with Crippen LogP contribution in [-0.2, 0) is 13.5 Å². The summed E-state index contributed by atoms with van der Waals surface area (Å²) in [6.45, 7) is 0. The topological polar surface area (TPSA) is 38.0 Å². The molecule has 0 saturated heterocycles. The van der Waals surface area contributed by atoms with E-state index in [1.54, 1.807) is 29.2 Å². The Hall–Kier alpha value is -1.03. The summed E-state index contributed by atoms with van der Waals surface area (Å²) in [5, 5.41) is 11.2. The largest absolute Gasteiger partial charge is 0.386 e. The quantitative estimate of drug-likeness (QED) is 0.931. The number of nitrogens with zero attached hydrogens (tertiary/aromatic N) is 2. The number of aliphatic hydroxyl groups excluding tert-OH is 1. The van der Waals surface area contributed by atoms with Crippen molar-refractivity contribution in [1.29, 1.82) is 0 Å². The molecular weight excluding hydrogens is 259 g/mol. The summed E-state index contributed by atoms with van der Waals surface area (Å²) in [5.74, 6) is 0. The van der Waals surface area contributed by atoms with Crippen LogP contribution in [0.15, 0.2) is 30.7 Å². The van der Waals surface area contributed by atoms with Gasteiger partial charge < -0.3 is 9.67 Å². The summed E-state index contributed by atoms with van der Waals surface area (Å²) in [6, 6.07) is 5.26. The Balaban J connectivity index is 2.19. The lowest BCUT2D eigenvalue weighted by Crippen LogP contribution is -2.06. The van der Waals surface area contributed by atoms with Gasteiger partial charge in [-0.25, -0.2) is 4.98 Å². The van der Waals surface area contributed by atoms with Gasteiger partial charge in [-0.1, -0.05) is 29.3 Å². The van der Waals surface area contributed by atoms with Crippen LogP contribution in [0.3, 0.4) is 0 Å². The van der Waals surface area contributed by atoms with Gasteiger partial charge in [0.15, 0.2) is 0 Å². The van der Waals surface area contributed by atoms with Crippen molar-refractivity contribution in [2.75, 3.05) is 0 Å². The number of rotatable bonds is 3. The zero-order chi connectivity index (χ0) is 12.4. The van der Waals surface area contributed by atoms with Crippen LogP contribution in [0, 0.1) is 0 Å². The first-order valence-electron chi connectivity index (χ1n) is 5.16. The fourth-order valence-corrected chi connectivity index (χ4v) is 2.17. The van der Waals surface area contributed by atoms with E-state index in [1.165, 1.54) is 0 Å². The van der Waals surface area contributed by atoms with Crippen molar-refractivity contribution < 1.29 is 5.11 Å². The molecule has 3 nitrogen and oxygen atoms in total. The van der Waals surface area contributed by atoms with Crippen molar-refractivity contribution in [2.45, 2.75) is 12.5 Å². The maximum Gasteiger partial charge on any atom is 0.0996 e. The molecule has 1 aromatic carbocycles. The molecule has 1 N–H and O–H groups in total. The fourth-order valence-electron chi connectivity index (χ4n) is 1.69. The smallest absolute Gasteiger partial charge is 0.0996 e. The molecule has 1 aromatic heterocycles. The first-order chi connectivity index (χ1) is 8.08. The Labute approximate surface area is 110 Å². The van der Waals surface area contributed by atoms with Gasteiger partial charge in [-0.05, 0) is 17.7 Å². The average Bonchev–Trinajstić information content (AvgIpc) is 2.68. The van der Waals surface area contributed by atoms with E-state index in [-0.39, 0.29) is 0 Å². The van der Waals surface area contributed by atoms with E-state index in [0.717, 1.165) is 11.3 Å². The van der Waals surface area contributed by atoms with E-state index in [0.29, 0.717) is 16.5 Å². The lowest BCUT2D eigenvalue weighted by molar-refractivity contribution is 0.170. The summed E-state index contributed by atoms with van der Waals surface area (Å²) in [4.78, 5) is 3.97. The molecule has 0 spiro atoms. The van der Waals surface area contributed by atoms with Crippen LogP contribution in [0.5, 0.6) is 0 Å². The summed E-state index contributed by atoms with van der Waals surface area (Å²) in [7, 11) is 1.84. The number of aliphatic hydroxyl groups is 1. The molecule has 0 amide bonds. The molecule has 0 aliphatic rings. The monoisotopic (exact) mass is 270 g/mol. The lowest BCUT2D eigenvalue weighted by Gasteiger charge is -2.12. The third kappa shape index (κ3) is 2.80. The minimum Gasteiger partial charge on any atom is -0.386 e. The second-order valence-electron chi connectivity index (χ2n) is 3.89. The molecule has 0 bridgehead atoms. The summed E-state index contributed by atoms with van der Waals surface area (Å²) in [5.41, 5.74) is 1.63. The standard InChI is InChI=1S/C12H12Cl2N2O/c1-16-7-15-6-11(16)12(17)4-8-2-3-9(13)5-10(8)14/h2-3,5-7,12,17H,4H2,1H3. The van der Waals surface area contributed by atoms with Crippen LogP contribution in [0.1, 0.15) is 17.4 Å². The Morgan fingerprint density at radius 1 is 1.41 bits per heavy atom. The molecule has 17 heavy (non-hydrogen) atoms. The minimum atomic E-state index is -0.624. The number of aromatic nitrogens is 2. The van der Waals surface area contributed by atoms with Crippen molar-refractivity contribution in [3.63, 3.8) is 0 Å². The maximum absolute atomic E-state index is 10.1. The Morgan fingerprint density at radius 3 is 2.76 bits per heavy atom. The molecule has 1 atom stereocenters. The highest BCUT2D eigenvalue weighted by atomic mass is 35.5. The van der Waals surface area contributed by atoms with Crippen LogP contribution < -0.4 is 0 Å². The Bertz CT molecular complexity index is 525. The number of benzene rings is 1. The maximum atomic E-state index is 10.1. The molecule has 90 valence electrons. The highest BCUT2D eigenvalue weighted by Gasteiger charge is 2.13. The second kappa shape index (κ2) is 5.08. The molecule has 2 rings (SSSR count). The van der Waals surface area contributed by atoms with Crippen molar-refractivity contribution in [3.05, 3.63) is 52.0 Å². The summed E-state index contributed by atoms with van der Waals surface area (Å²) < 4.78 is 1.79. The average molecular weight is 271 g/mol. The van der Waals surface area contributed by atoms with Gasteiger partial charge in [0.1, 0.15) is 0 Å². The molecule has 0 aliphatic carbocycles. The Morgan fingerprint density at radius 2 is 2.18 bits per heavy atom. The third-order valence-corrected chi connectivity index (χ3v) is 3.21. The zero-order valence-electron chi connectivity index (χ0n) is 9.27. The lowest BCUT2D eigenvalue weighted by atomic mass is 10.1. The summed E-state index contributed by atoms with van der Waals surface area (Å²) >= 11 is 11.9. The Kier molecular flexibility index (Phi) is 3.72. The normalized spacial score (nSPS) is 12.7. The van der Waals surface area contributed by atoms with Crippen LogP contribution in [-0.4, -0.2) is 14.7 Å². The SMILES string of the molecule is Cn1cncc1C(O)Cc1ccc(Cl)cc1Cl. The number of imidazole rings is 1. The van der Waals surface area contributed by atoms with Crippen LogP contribution >= 0.6 is 23.2 Å². The molecule has 2 aromatic rings. The first kappa shape index (κ1) is 12.4. The van der Waals surface area contributed by atoms with E-state index in [1.807, 2.05) is 13.1 Å². The predicted molar refractivity (Wildman–Crippen MR) is 68.3 cm³/mol. The first-order valence-corrected chi connectivity index (χ1v) is 5.91. The highest BCUT2D eigenvalue weighted by Crippen LogP contribution is 2.25. The van der Waals surface area contributed by atoms with Crippen molar-refractivity contribution >= 4 is 23.2 Å². The molecule has 0 radical (unpaired) electrons. The van der Waals surface area contributed by atoms with Gasteiger partial charge in [0.05, 0.1) is 24.3 Å². The summed E-state index contributed by atoms with van der Waals surface area (Å²) in [6.07, 6.45) is 3.12. The van der Waals surface area contributed by atoms with Crippen LogP contribution in [0.4, 0.5) is 0 Å². The molecule has 0 fully saturated rings. The number of hydrogen-bond acceptors (Lipinski definition) is 2. The van der Waals surface area contributed by atoms with Gasteiger partial charge >= 0.3 is 0 Å². The van der Waals surface area contributed by atoms with E-state index in [9.17, 15) is 5.11 Å². The zero-order valence-corrected chi connectivity index (χ0v) is 10.8. The van der Waals surface area contributed by atoms with Crippen molar-refractivity contribution in [2.24, 2.45) is 7.05 Å². The van der Waals surface area contributed by atoms with Crippen LogP contribution in [0.2, 0.25) is 10.0 Å². The van der Waals surface area contributed by atoms with Crippen LogP contribution in [0.25, 0.3) is 0 Å². The third-order valence-electron chi connectivity index (χ3n) is 2.62. The second-order valence-corrected chi connectivity index (χ2v) is 4.73. The van der Waals surface area contributed by atoms with E-state index in [4.69, 9.17) is 23.2 Å². The van der Waals surface area contributed by atoms with Gasteiger partial charge in [0.2, 0.25) is 0 Å². The molecule has 1 heterocycles. The van der Waals surface area contributed by atoms with Crippen molar-refractivity contribution in [1.82, 2.24) is 9.55 Å².